The van der Waals surface area contributed by atoms with Crippen molar-refractivity contribution in [2.24, 2.45) is 0 Å². The standard InChI is InChI=1S/C42H37N7O2/c1-29-23-39(44-42(50)35-24-33-12-7-8-14-38(33)43-26-35)37(25-40(29)51-28-31-9-3-2-4-10-31)41-45-47-49(46-41)36-17-15-30(16-18-36)19-21-48-22-20-32-11-5-6-13-34(32)27-48/h2-18,23-26H,19-22,27-28H2,1H3,(H,44,50). The highest BCUT2D eigenvalue weighted by molar-refractivity contribution is 6.07. The van der Waals surface area contributed by atoms with Crippen LogP contribution in [0.25, 0.3) is 28.0 Å². The molecule has 0 fully saturated rings. The lowest BCUT2D eigenvalue weighted by Crippen LogP contribution is -2.32. The molecule has 3 heterocycles. The molecule has 9 heteroatoms. The fourth-order valence-corrected chi connectivity index (χ4v) is 6.52. The number of anilines is 1. The largest absolute Gasteiger partial charge is 0.489 e. The number of pyridine rings is 1. The van der Waals surface area contributed by atoms with Crippen molar-refractivity contribution in [2.75, 3.05) is 18.4 Å². The molecule has 0 unspecified atom stereocenters. The van der Waals surface area contributed by atoms with Crippen molar-refractivity contribution in [3.05, 3.63) is 161 Å². The second-order valence-corrected chi connectivity index (χ2v) is 12.9. The van der Waals surface area contributed by atoms with E-state index in [2.05, 4.69) is 61.9 Å². The molecule has 252 valence electrons. The molecule has 51 heavy (non-hydrogen) atoms. The molecule has 2 aromatic heterocycles. The number of hydrogen-bond donors (Lipinski definition) is 1. The summed E-state index contributed by atoms with van der Waals surface area (Å²) in [5.41, 5.74) is 9.28. The molecule has 8 rings (SSSR count). The van der Waals surface area contributed by atoms with Gasteiger partial charge in [0.1, 0.15) is 12.4 Å². The van der Waals surface area contributed by atoms with Crippen LogP contribution in [0.15, 0.2) is 128 Å². The minimum Gasteiger partial charge on any atom is -0.489 e. The zero-order valence-electron chi connectivity index (χ0n) is 28.4. The van der Waals surface area contributed by atoms with E-state index in [4.69, 9.17) is 9.84 Å². The van der Waals surface area contributed by atoms with Crippen LogP contribution in [0.5, 0.6) is 5.75 Å². The zero-order valence-corrected chi connectivity index (χ0v) is 28.4. The number of carbonyl (C=O) groups is 1. The molecule has 0 spiro atoms. The Morgan fingerprint density at radius 2 is 1.63 bits per heavy atom. The van der Waals surface area contributed by atoms with Crippen LogP contribution in [-0.2, 0) is 26.0 Å². The molecule has 0 aliphatic carbocycles. The predicted octanol–water partition coefficient (Wildman–Crippen LogP) is 7.62. The topological polar surface area (TPSA) is 98.1 Å². The number of aromatic nitrogens is 5. The molecule has 0 radical (unpaired) electrons. The van der Waals surface area contributed by atoms with Crippen LogP contribution in [0.4, 0.5) is 5.69 Å². The Labute approximate surface area is 296 Å². The van der Waals surface area contributed by atoms with Gasteiger partial charge in [0, 0.05) is 31.2 Å². The maximum atomic E-state index is 13.6. The van der Waals surface area contributed by atoms with Crippen molar-refractivity contribution in [2.45, 2.75) is 32.9 Å². The average molecular weight is 672 g/mol. The molecule has 5 aromatic carbocycles. The predicted molar refractivity (Wildman–Crippen MR) is 199 cm³/mol. The Morgan fingerprint density at radius 1 is 0.843 bits per heavy atom. The lowest BCUT2D eigenvalue weighted by molar-refractivity contribution is 0.102. The van der Waals surface area contributed by atoms with Crippen molar-refractivity contribution in [1.82, 2.24) is 30.1 Å². The van der Waals surface area contributed by atoms with Gasteiger partial charge < -0.3 is 10.1 Å². The SMILES string of the molecule is Cc1cc(NC(=O)c2cnc3ccccc3c2)c(-c2nnn(-c3ccc(CCN4CCc5ccccc5C4)cc3)n2)cc1OCc1ccccc1. The number of fused-ring (bicyclic) bond motifs is 2. The van der Waals surface area contributed by atoms with Gasteiger partial charge in [0.15, 0.2) is 0 Å². The molecule has 9 nitrogen and oxygen atoms in total. The summed E-state index contributed by atoms with van der Waals surface area (Å²) in [7, 11) is 0. The van der Waals surface area contributed by atoms with E-state index in [1.54, 1.807) is 6.20 Å². The number of nitrogens with one attached hydrogen (secondary N) is 1. The Bertz CT molecular complexity index is 2320. The summed E-state index contributed by atoms with van der Waals surface area (Å²) < 4.78 is 6.26. The van der Waals surface area contributed by atoms with Gasteiger partial charge in [-0.25, -0.2) is 0 Å². The van der Waals surface area contributed by atoms with E-state index in [0.29, 0.717) is 35.0 Å². The van der Waals surface area contributed by atoms with Gasteiger partial charge in [0.25, 0.3) is 5.91 Å². The van der Waals surface area contributed by atoms with Crippen LogP contribution < -0.4 is 10.1 Å². The summed E-state index contributed by atoms with van der Waals surface area (Å²) in [6.07, 6.45) is 3.65. The Kier molecular flexibility index (Phi) is 9.01. The maximum Gasteiger partial charge on any atom is 0.257 e. The normalized spacial score (nSPS) is 12.8. The lowest BCUT2D eigenvalue weighted by atomic mass is 9.99. The quantitative estimate of drug-likeness (QED) is 0.160. The van der Waals surface area contributed by atoms with Gasteiger partial charge in [0.2, 0.25) is 5.82 Å². The number of ether oxygens (including phenoxy) is 1. The van der Waals surface area contributed by atoms with Crippen LogP contribution in [-0.4, -0.2) is 49.1 Å². The molecule has 0 atom stereocenters. The van der Waals surface area contributed by atoms with Crippen molar-refractivity contribution in [1.29, 1.82) is 0 Å². The first-order valence-corrected chi connectivity index (χ1v) is 17.2. The zero-order chi connectivity index (χ0) is 34.6. The Morgan fingerprint density at radius 3 is 2.49 bits per heavy atom. The van der Waals surface area contributed by atoms with Crippen LogP contribution >= 0.6 is 0 Å². The number of nitrogens with zero attached hydrogens (tertiary/aromatic N) is 6. The number of para-hydroxylation sites is 1. The van der Waals surface area contributed by atoms with Gasteiger partial charge in [-0.2, -0.15) is 0 Å². The van der Waals surface area contributed by atoms with E-state index in [9.17, 15) is 4.79 Å². The lowest BCUT2D eigenvalue weighted by Gasteiger charge is -2.28. The summed E-state index contributed by atoms with van der Waals surface area (Å²) >= 11 is 0. The Hall–Kier alpha value is -6.19. The Balaban J connectivity index is 1.02. The fraction of sp³-hybridized carbons (Fsp3) is 0.167. The summed E-state index contributed by atoms with van der Waals surface area (Å²) in [6.45, 7) is 5.44. The molecule has 0 saturated carbocycles. The van der Waals surface area contributed by atoms with Crippen LogP contribution in [0.3, 0.4) is 0 Å². The van der Waals surface area contributed by atoms with E-state index in [-0.39, 0.29) is 5.91 Å². The molecule has 1 aliphatic heterocycles. The van der Waals surface area contributed by atoms with Crippen molar-refractivity contribution in [3.63, 3.8) is 0 Å². The van der Waals surface area contributed by atoms with Crippen molar-refractivity contribution < 1.29 is 9.53 Å². The number of aryl methyl sites for hydroxylation is 1. The second-order valence-electron chi connectivity index (χ2n) is 12.9. The first-order valence-electron chi connectivity index (χ1n) is 17.2. The van der Waals surface area contributed by atoms with E-state index in [1.807, 2.05) is 91.9 Å². The highest BCUT2D eigenvalue weighted by Crippen LogP contribution is 2.34. The number of carbonyl (C=O) groups excluding carboxylic acids is 1. The number of benzene rings is 5. The molecule has 0 saturated heterocycles. The van der Waals surface area contributed by atoms with E-state index >= 15 is 0 Å². The van der Waals surface area contributed by atoms with Gasteiger partial charge in [-0.1, -0.05) is 84.9 Å². The first-order chi connectivity index (χ1) is 25.1. The second kappa shape index (κ2) is 14.3. The van der Waals surface area contributed by atoms with E-state index < -0.39 is 0 Å². The monoisotopic (exact) mass is 671 g/mol. The molecular formula is C42H37N7O2. The number of hydrogen-bond acceptors (Lipinski definition) is 7. The van der Waals surface area contributed by atoms with Gasteiger partial charge in [-0.05, 0) is 89.2 Å². The van der Waals surface area contributed by atoms with Gasteiger partial charge >= 0.3 is 0 Å². The molecule has 7 aromatic rings. The van der Waals surface area contributed by atoms with E-state index in [1.165, 1.54) is 21.5 Å². The number of tetrazole rings is 1. The third-order valence-electron chi connectivity index (χ3n) is 9.40. The smallest absolute Gasteiger partial charge is 0.257 e. The van der Waals surface area contributed by atoms with Crippen LogP contribution in [0, 0.1) is 6.92 Å². The van der Waals surface area contributed by atoms with Crippen LogP contribution in [0.2, 0.25) is 0 Å². The molecular weight excluding hydrogens is 635 g/mol. The number of rotatable bonds is 10. The molecule has 1 N–H and O–H groups in total. The fourth-order valence-electron chi connectivity index (χ4n) is 6.52. The average Bonchev–Trinajstić information content (AvgIpc) is 3.67. The number of amides is 1. The summed E-state index contributed by atoms with van der Waals surface area (Å²) in [5, 5.41) is 17.5. The highest BCUT2D eigenvalue weighted by atomic mass is 16.5. The van der Waals surface area contributed by atoms with Crippen molar-refractivity contribution >= 4 is 22.5 Å². The third-order valence-corrected chi connectivity index (χ3v) is 9.40. The summed E-state index contributed by atoms with van der Waals surface area (Å²) in [6, 6.07) is 40.3. The molecule has 1 amide bonds. The van der Waals surface area contributed by atoms with Gasteiger partial charge in [-0.3, -0.25) is 14.7 Å². The minimum atomic E-state index is -0.288. The minimum absolute atomic E-state index is 0.288. The van der Waals surface area contributed by atoms with E-state index in [0.717, 1.165) is 60.2 Å². The van der Waals surface area contributed by atoms with Crippen LogP contribution in [0.1, 0.15) is 38.2 Å². The summed E-state index contributed by atoms with van der Waals surface area (Å²) in [4.78, 5) is 22.1. The highest BCUT2D eigenvalue weighted by Gasteiger charge is 2.19. The first kappa shape index (κ1) is 32.0. The summed E-state index contributed by atoms with van der Waals surface area (Å²) in [5.74, 6) is 0.738. The maximum absolute atomic E-state index is 13.6. The molecule has 1 aliphatic rings. The molecule has 0 bridgehead atoms. The third kappa shape index (κ3) is 7.25. The van der Waals surface area contributed by atoms with Gasteiger partial charge in [0.05, 0.1) is 28.0 Å². The van der Waals surface area contributed by atoms with Gasteiger partial charge in [-0.15, -0.1) is 15.0 Å². The van der Waals surface area contributed by atoms with Crippen molar-refractivity contribution in [3.8, 4) is 22.8 Å².